The maximum Gasteiger partial charge on any atom is 0.0828 e. The molecule has 2 heteroatoms. The van der Waals surface area contributed by atoms with Gasteiger partial charge in [0.1, 0.15) is 0 Å². The third-order valence-corrected chi connectivity index (χ3v) is 2.48. The van der Waals surface area contributed by atoms with E-state index in [-0.39, 0.29) is 0 Å². The third-order valence-electron chi connectivity index (χ3n) is 2.48. The van der Waals surface area contributed by atoms with Crippen LogP contribution >= 0.6 is 0 Å². The molecular weight excluding hydrogens is 162 g/mol. The van der Waals surface area contributed by atoms with Gasteiger partial charge in [0.25, 0.3) is 0 Å². The van der Waals surface area contributed by atoms with Gasteiger partial charge >= 0.3 is 0 Å². The number of aryl methyl sites for hydroxylation is 1. The Kier molecular flexibility index (Phi) is 2.62. The molecule has 1 N–H and O–H groups in total. The van der Waals surface area contributed by atoms with Crippen molar-refractivity contribution in [3.8, 4) is 0 Å². The molecule has 1 heterocycles. The van der Waals surface area contributed by atoms with E-state index in [1.807, 2.05) is 0 Å². The first-order valence-electron chi connectivity index (χ1n) is 4.73. The van der Waals surface area contributed by atoms with Crippen LogP contribution in [0.25, 0.3) is 0 Å². The largest absolute Gasteiger partial charge is 0.371 e. The lowest BCUT2D eigenvalue weighted by molar-refractivity contribution is 0.00737. The van der Waals surface area contributed by atoms with Crippen LogP contribution in [0.5, 0.6) is 0 Å². The van der Waals surface area contributed by atoms with Gasteiger partial charge in [-0.2, -0.15) is 0 Å². The van der Waals surface area contributed by atoms with Crippen LogP contribution in [0.15, 0.2) is 24.3 Å². The molecule has 2 nitrogen and oxygen atoms in total. The average Bonchev–Trinajstić information content (AvgIpc) is 2.05. The zero-order chi connectivity index (χ0) is 9.10. The van der Waals surface area contributed by atoms with E-state index >= 15 is 0 Å². The second kappa shape index (κ2) is 3.90. The smallest absolute Gasteiger partial charge is 0.0828 e. The van der Waals surface area contributed by atoms with Crippen molar-refractivity contribution in [3.63, 3.8) is 0 Å². The van der Waals surface area contributed by atoms with E-state index in [1.165, 1.54) is 11.1 Å². The Bertz CT molecular complexity index is 281. The highest BCUT2D eigenvalue weighted by Crippen LogP contribution is 2.10. The molecule has 2 rings (SSSR count). The van der Waals surface area contributed by atoms with Gasteiger partial charge in [0, 0.05) is 13.1 Å². The van der Waals surface area contributed by atoms with Crippen LogP contribution in [-0.4, -0.2) is 19.2 Å². The maximum absolute atomic E-state index is 5.68. The van der Waals surface area contributed by atoms with E-state index in [9.17, 15) is 0 Å². The van der Waals surface area contributed by atoms with E-state index < -0.39 is 0 Å². The van der Waals surface area contributed by atoms with Crippen LogP contribution in [-0.2, 0) is 11.3 Å². The molecule has 1 aliphatic heterocycles. The predicted octanol–water partition coefficient (Wildman–Crippen LogP) is 1.48. The van der Waals surface area contributed by atoms with E-state index in [4.69, 9.17) is 4.74 Å². The molecule has 0 aliphatic carbocycles. The molecular formula is C11H15NO. The van der Waals surface area contributed by atoms with Crippen LogP contribution in [0, 0.1) is 6.92 Å². The molecule has 0 radical (unpaired) electrons. The minimum atomic E-state index is 0.430. The second-order valence-electron chi connectivity index (χ2n) is 3.52. The first kappa shape index (κ1) is 8.73. The SMILES string of the molecule is Cc1ccccc1COC1CNC1. The van der Waals surface area contributed by atoms with Gasteiger partial charge in [-0.25, -0.2) is 0 Å². The van der Waals surface area contributed by atoms with Gasteiger partial charge in [0.2, 0.25) is 0 Å². The van der Waals surface area contributed by atoms with Crippen molar-refractivity contribution < 1.29 is 4.74 Å². The molecule has 1 aromatic rings. The molecule has 0 aromatic heterocycles. The first-order chi connectivity index (χ1) is 6.36. The van der Waals surface area contributed by atoms with E-state index in [0.717, 1.165) is 19.7 Å². The van der Waals surface area contributed by atoms with Crippen molar-refractivity contribution in [1.29, 1.82) is 0 Å². The predicted molar refractivity (Wildman–Crippen MR) is 52.6 cm³/mol. The molecule has 0 spiro atoms. The summed E-state index contributed by atoms with van der Waals surface area (Å²) in [5, 5.41) is 3.19. The summed E-state index contributed by atoms with van der Waals surface area (Å²) in [6.07, 6.45) is 0.430. The topological polar surface area (TPSA) is 21.3 Å². The van der Waals surface area contributed by atoms with Crippen molar-refractivity contribution in [1.82, 2.24) is 5.32 Å². The summed E-state index contributed by atoms with van der Waals surface area (Å²) in [5.74, 6) is 0. The minimum Gasteiger partial charge on any atom is -0.371 e. The third kappa shape index (κ3) is 2.08. The summed E-state index contributed by atoms with van der Waals surface area (Å²) in [4.78, 5) is 0. The van der Waals surface area contributed by atoms with Crippen molar-refractivity contribution in [2.75, 3.05) is 13.1 Å². The fourth-order valence-electron chi connectivity index (χ4n) is 1.36. The molecule has 13 heavy (non-hydrogen) atoms. The molecule has 0 amide bonds. The Labute approximate surface area is 78.9 Å². The standard InChI is InChI=1S/C11H15NO/c1-9-4-2-3-5-10(9)8-13-11-6-12-7-11/h2-5,11-12H,6-8H2,1H3. The molecule has 1 saturated heterocycles. The second-order valence-corrected chi connectivity index (χ2v) is 3.52. The van der Waals surface area contributed by atoms with Gasteiger partial charge in [0.15, 0.2) is 0 Å². The lowest BCUT2D eigenvalue weighted by atomic mass is 10.1. The first-order valence-corrected chi connectivity index (χ1v) is 4.73. The Morgan fingerprint density at radius 3 is 2.77 bits per heavy atom. The van der Waals surface area contributed by atoms with Crippen molar-refractivity contribution >= 4 is 0 Å². The number of hydrogen-bond acceptors (Lipinski definition) is 2. The fourth-order valence-corrected chi connectivity index (χ4v) is 1.36. The lowest BCUT2D eigenvalue weighted by Crippen LogP contribution is -2.48. The Hall–Kier alpha value is -0.860. The van der Waals surface area contributed by atoms with Crippen molar-refractivity contribution in [2.45, 2.75) is 19.6 Å². The van der Waals surface area contributed by atoms with E-state index in [1.54, 1.807) is 0 Å². The summed E-state index contributed by atoms with van der Waals surface area (Å²) in [7, 11) is 0. The fraction of sp³-hybridized carbons (Fsp3) is 0.455. The van der Waals surface area contributed by atoms with Crippen LogP contribution in [0.1, 0.15) is 11.1 Å². The Morgan fingerprint density at radius 1 is 1.38 bits per heavy atom. The molecule has 0 unspecified atom stereocenters. The highest BCUT2D eigenvalue weighted by atomic mass is 16.5. The Balaban J connectivity index is 1.89. The number of ether oxygens (including phenoxy) is 1. The average molecular weight is 177 g/mol. The molecule has 1 aromatic carbocycles. The number of benzene rings is 1. The molecule has 0 atom stereocenters. The van der Waals surface area contributed by atoms with Gasteiger partial charge in [-0.1, -0.05) is 24.3 Å². The zero-order valence-electron chi connectivity index (χ0n) is 7.92. The van der Waals surface area contributed by atoms with Gasteiger partial charge in [0.05, 0.1) is 12.7 Å². The molecule has 1 aliphatic rings. The number of rotatable bonds is 3. The Morgan fingerprint density at radius 2 is 2.15 bits per heavy atom. The quantitative estimate of drug-likeness (QED) is 0.755. The molecule has 0 saturated carbocycles. The summed E-state index contributed by atoms with van der Waals surface area (Å²) in [6.45, 7) is 4.88. The lowest BCUT2D eigenvalue weighted by Gasteiger charge is -2.27. The summed E-state index contributed by atoms with van der Waals surface area (Å²) in [6, 6.07) is 8.37. The van der Waals surface area contributed by atoms with Gasteiger partial charge < -0.3 is 10.1 Å². The van der Waals surface area contributed by atoms with Crippen LogP contribution in [0.4, 0.5) is 0 Å². The summed E-state index contributed by atoms with van der Waals surface area (Å²) in [5.41, 5.74) is 2.61. The van der Waals surface area contributed by atoms with E-state index in [2.05, 4.69) is 36.5 Å². The van der Waals surface area contributed by atoms with Gasteiger partial charge in [-0.3, -0.25) is 0 Å². The zero-order valence-corrected chi connectivity index (χ0v) is 7.92. The number of hydrogen-bond donors (Lipinski definition) is 1. The normalized spacial score (nSPS) is 17.0. The van der Waals surface area contributed by atoms with Gasteiger partial charge in [-0.15, -0.1) is 0 Å². The maximum atomic E-state index is 5.68. The monoisotopic (exact) mass is 177 g/mol. The van der Waals surface area contributed by atoms with Crippen molar-refractivity contribution in [2.24, 2.45) is 0 Å². The molecule has 0 bridgehead atoms. The molecule has 1 fully saturated rings. The summed E-state index contributed by atoms with van der Waals surface area (Å²) < 4.78 is 5.68. The van der Waals surface area contributed by atoms with Crippen molar-refractivity contribution in [3.05, 3.63) is 35.4 Å². The van der Waals surface area contributed by atoms with E-state index in [0.29, 0.717) is 6.10 Å². The minimum absolute atomic E-state index is 0.430. The van der Waals surface area contributed by atoms with Crippen LogP contribution < -0.4 is 5.32 Å². The summed E-state index contributed by atoms with van der Waals surface area (Å²) >= 11 is 0. The highest BCUT2D eigenvalue weighted by Gasteiger charge is 2.16. The van der Waals surface area contributed by atoms with Crippen LogP contribution in [0.2, 0.25) is 0 Å². The van der Waals surface area contributed by atoms with Gasteiger partial charge in [-0.05, 0) is 18.1 Å². The molecule has 70 valence electrons. The number of nitrogens with one attached hydrogen (secondary N) is 1. The highest BCUT2D eigenvalue weighted by molar-refractivity contribution is 5.24. The van der Waals surface area contributed by atoms with Crippen LogP contribution in [0.3, 0.4) is 0 Å².